The maximum atomic E-state index is 12.4. The number of nitrogens with two attached hydrogens (primary N) is 1. The van der Waals surface area contributed by atoms with Crippen molar-refractivity contribution >= 4 is 11.7 Å². The summed E-state index contributed by atoms with van der Waals surface area (Å²) in [5.74, 6) is 0.0285. The molecule has 144 valence electrons. The van der Waals surface area contributed by atoms with Crippen LogP contribution in [0.3, 0.4) is 0 Å². The fourth-order valence-electron chi connectivity index (χ4n) is 2.85. The van der Waals surface area contributed by atoms with Crippen LogP contribution in [0.2, 0.25) is 0 Å². The van der Waals surface area contributed by atoms with Gasteiger partial charge in [0.15, 0.2) is 0 Å². The summed E-state index contributed by atoms with van der Waals surface area (Å²) in [5, 5.41) is 0. The Morgan fingerprint density at radius 2 is 1.78 bits per heavy atom. The van der Waals surface area contributed by atoms with Crippen LogP contribution in [0.5, 0.6) is 11.5 Å². The summed E-state index contributed by atoms with van der Waals surface area (Å²) in [5.41, 5.74) is 5.89. The molecule has 9 heteroatoms. The number of alkyl halides is 3. The number of carbonyl (C=O) groups is 1. The Hall–Kier alpha value is -2.97. The number of nitrogens with zero attached hydrogens (tertiary/aromatic N) is 2. The van der Waals surface area contributed by atoms with E-state index in [9.17, 15) is 18.0 Å². The van der Waals surface area contributed by atoms with Gasteiger partial charge in [-0.1, -0.05) is 12.1 Å². The molecule has 6 nitrogen and oxygen atoms in total. The first-order valence-electron chi connectivity index (χ1n) is 8.34. The lowest BCUT2D eigenvalue weighted by Gasteiger charge is -2.32. The fraction of sp³-hybridized carbons (Fsp3) is 0.333. The Labute approximate surface area is 153 Å². The zero-order valence-electron chi connectivity index (χ0n) is 14.3. The largest absolute Gasteiger partial charge is 0.573 e. The molecule has 1 aromatic heterocycles. The molecule has 3 rings (SSSR count). The number of ether oxygens (including phenoxy) is 2. The lowest BCUT2D eigenvalue weighted by Crippen LogP contribution is -2.42. The van der Waals surface area contributed by atoms with E-state index in [4.69, 9.17) is 10.5 Å². The number of halogens is 3. The molecule has 1 aromatic carbocycles. The van der Waals surface area contributed by atoms with Crippen molar-refractivity contribution in [1.29, 1.82) is 0 Å². The molecular weight excluding hydrogens is 363 g/mol. The maximum Gasteiger partial charge on any atom is 0.573 e. The molecule has 0 aliphatic carbocycles. The summed E-state index contributed by atoms with van der Waals surface area (Å²) >= 11 is 0. The van der Waals surface area contributed by atoms with Gasteiger partial charge < -0.3 is 20.1 Å². The number of rotatable bonds is 4. The van der Waals surface area contributed by atoms with Crippen LogP contribution < -0.4 is 15.2 Å². The van der Waals surface area contributed by atoms with Crippen molar-refractivity contribution in [3.05, 3.63) is 48.2 Å². The minimum absolute atomic E-state index is 0.205. The normalized spacial score (nSPS) is 15.4. The number of anilines is 1. The van der Waals surface area contributed by atoms with E-state index in [1.165, 1.54) is 18.2 Å². The number of piperidine rings is 1. The Bertz CT molecular complexity index is 806. The second kappa shape index (κ2) is 7.73. The van der Waals surface area contributed by atoms with Gasteiger partial charge in [0, 0.05) is 32.0 Å². The van der Waals surface area contributed by atoms with E-state index in [1.807, 2.05) is 0 Å². The molecule has 2 aromatic rings. The molecule has 1 saturated heterocycles. The van der Waals surface area contributed by atoms with Gasteiger partial charge in [-0.05, 0) is 24.3 Å². The third kappa shape index (κ3) is 5.25. The van der Waals surface area contributed by atoms with Crippen LogP contribution >= 0.6 is 0 Å². The third-order valence-corrected chi connectivity index (χ3v) is 4.06. The van der Waals surface area contributed by atoms with Crippen LogP contribution in [0.1, 0.15) is 23.3 Å². The van der Waals surface area contributed by atoms with Gasteiger partial charge in [0.05, 0.1) is 0 Å². The van der Waals surface area contributed by atoms with Crippen molar-refractivity contribution < 1.29 is 27.4 Å². The molecule has 27 heavy (non-hydrogen) atoms. The minimum Gasteiger partial charge on any atom is -0.490 e. The maximum absolute atomic E-state index is 12.4. The molecule has 0 radical (unpaired) electrons. The number of carbonyl (C=O) groups excluding carboxylic acids is 1. The second-order valence-corrected chi connectivity index (χ2v) is 6.08. The van der Waals surface area contributed by atoms with Crippen LogP contribution in [-0.4, -0.2) is 41.3 Å². The smallest absolute Gasteiger partial charge is 0.490 e. The predicted molar refractivity (Wildman–Crippen MR) is 91.3 cm³/mol. The summed E-state index contributed by atoms with van der Waals surface area (Å²) in [6.45, 7) is 0.914. The molecule has 1 fully saturated rings. The zero-order valence-corrected chi connectivity index (χ0v) is 14.3. The zero-order chi connectivity index (χ0) is 19.4. The van der Waals surface area contributed by atoms with Crippen molar-refractivity contribution in [2.24, 2.45) is 0 Å². The van der Waals surface area contributed by atoms with Gasteiger partial charge in [-0.15, -0.1) is 13.2 Å². The number of hydrogen-bond acceptors (Lipinski definition) is 5. The molecule has 0 atom stereocenters. The van der Waals surface area contributed by atoms with Crippen LogP contribution in [0.25, 0.3) is 0 Å². The minimum atomic E-state index is -4.75. The predicted octanol–water partition coefficient (Wildman–Crippen LogP) is 3.25. The number of likely N-dealkylation sites (tertiary alicyclic amines) is 1. The first-order valence-corrected chi connectivity index (χ1v) is 8.34. The van der Waals surface area contributed by atoms with Crippen LogP contribution in [-0.2, 0) is 0 Å². The molecule has 1 aliphatic rings. The highest BCUT2D eigenvalue weighted by Gasteiger charge is 2.31. The highest BCUT2D eigenvalue weighted by molar-refractivity contribution is 5.92. The topological polar surface area (TPSA) is 77.7 Å². The van der Waals surface area contributed by atoms with Crippen LogP contribution in [0.4, 0.5) is 19.0 Å². The van der Waals surface area contributed by atoms with Crippen molar-refractivity contribution in [1.82, 2.24) is 9.88 Å². The quantitative estimate of drug-likeness (QED) is 0.880. The first kappa shape index (κ1) is 18.8. The standard InChI is InChI=1S/C18H18F3N3O3/c19-18(20,21)27-14-4-1-3-13(11-14)26-12-7-9-24(10-8-12)17(25)15-5-2-6-16(22)23-15/h1-6,11-12H,7-10H2,(H2,22,23). The molecule has 1 aliphatic heterocycles. The van der Waals surface area contributed by atoms with E-state index in [-0.39, 0.29) is 29.3 Å². The van der Waals surface area contributed by atoms with E-state index in [2.05, 4.69) is 9.72 Å². The summed E-state index contributed by atoms with van der Waals surface area (Å²) in [6, 6.07) is 10.3. The fourth-order valence-corrected chi connectivity index (χ4v) is 2.85. The van der Waals surface area contributed by atoms with E-state index in [0.717, 1.165) is 0 Å². The number of nitrogen functional groups attached to an aromatic ring is 1. The molecule has 0 spiro atoms. The molecular formula is C18H18F3N3O3. The number of pyridine rings is 1. The van der Waals surface area contributed by atoms with E-state index >= 15 is 0 Å². The monoisotopic (exact) mass is 381 g/mol. The van der Waals surface area contributed by atoms with Gasteiger partial charge in [-0.2, -0.15) is 0 Å². The summed E-state index contributed by atoms with van der Waals surface area (Å²) in [6.07, 6.45) is -3.85. The molecule has 2 N–H and O–H groups in total. The van der Waals surface area contributed by atoms with Gasteiger partial charge in [-0.3, -0.25) is 4.79 Å². The Morgan fingerprint density at radius 1 is 1.11 bits per heavy atom. The van der Waals surface area contributed by atoms with Gasteiger partial charge in [-0.25, -0.2) is 4.98 Å². The Morgan fingerprint density at radius 3 is 2.44 bits per heavy atom. The number of amides is 1. The number of aromatic nitrogens is 1. The van der Waals surface area contributed by atoms with Gasteiger partial charge in [0.1, 0.15) is 29.1 Å². The van der Waals surface area contributed by atoms with Crippen LogP contribution in [0, 0.1) is 0 Å². The van der Waals surface area contributed by atoms with Crippen molar-refractivity contribution in [2.75, 3.05) is 18.8 Å². The average molecular weight is 381 g/mol. The Kier molecular flexibility index (Phi) is 5.38. The van der Waals surface area contributed by atoms with Crippen molar-refractivity contribution in [3.63, 3.8) is 0 Å². The number of hydrogen-bond donors (Lipinski definition) is 1. The Balaban J connectivity index is 1.55. The molecule has 0 saturated carbocycles. The third-order valence-electron chi connectivity index (χ3n) is 4.06. The highest BCUT2D eigenvalue weighted by Crippen LogP contribution is 2.27. The van der Waals surface area contributed by atoms with Crippen molar-refractivity contribution in [3.8, 4) is 11.5 Å². The second-order valence-electron chi connectivity index (χ2n) is 6.08. The van der Waals surface area contributed by atoms with Gasteiger partial charge in [0.2, 0.25) is 0 Å². The van der Waals surface area contributed by atoms with E-state index < -0.39 is 6.36 Å². The van der Waals surface area contributed by atoms with Gasteiger partial charge in [0.25, 0.3) is 5.91 Å². The SMILES string of the molecule is Nc1cccc(C(=O)N2CCC(Oc3cccc(OC(F)(F)F)c3)CC2)n1. The molecule has 2 heterocycles. The lowest BCUT2D eigenvalue weighted by molar-refractivity contribution is -0.274. The summed E-state index contributed by atoms with van der Waals surface area (Å²) in [4.78, 5) is 18.1. The number of benzene rings is 1. The molecule has 0 bridgehead atoms. The average Bonchev–Trinajstić information content (AvgIpc) is 2.61. The van der Waals surface area contributed by atoms with Crippen molar-refractivity contribution in [2.45, 2.75) is 25.3 Å². The van der Waals surface area contributed by atoms with E-state index in [0.29, 0.717) is 31.7 Å². The molecule has 1 amide bonds. The lowest BCUT2D eigenvalue weighted by atomic mass is 10.1. The molecule has 0 unspecified atom stereocenters. The summed E-state index contributed by atoms with van der Waals surface area (Å²) < 4.78 is 46.5. The first-order chi connectivity index (χ1) is 12.8. The van der Waals surface area contributed by atoms with Crippen LogP contribution in [0.15, 0.2) is 42.5 Å². The van der Waals surface area contributed by atoms with E-state index in [1.54, 1.807) is 29.2 Å². The summed E-state index contributed by atoms with van der Waals surface area (Å²) in [7, 11) is 0. The highest BCUT2D eigenvalue weighted by atomic mass is 19.4. The van der Waals surface area contributed by atoms with Gasteiger partial charge >= 0.3 is 6.36 Å².